The summed E-state index contributed by atoms with van der Waals surface area (Å²) in [6.45, 7) is 1.73. The van der Waals surface area contributed by atoms with E-state index in [1.165, 1.54) is 31.4 Å². The molecule has 7 nitrogen and oxygen atoms in total. The maximum absolute atomic E-state index is 13.0. The highest BCUT2D eigenvalue weighted by Gasteiger charge is 2.19. The standard InChI is InChI=1S/C20H19FN2O5S/c1-12(27-14-6-4-13(21)5-7-14)19-22-23-20(28-19)29-11-17(24)16-9-8-15(25-2)10-18(16)26-3/h4-10,12H,11H2,1-3H3/t12-/m0/s1. The van der Waals surface area contributed by atoms with Gasteiger partial charge in [-0.1, -0.05) is 11.8 Å². The number of Topliss-reactive ketones (excluding diaryl/α,β-unsaturated/α-hetero) is 1. The van der Waals surface area contributed by atoms with E-state index in [4.69, 9.17) is 18.6 Å². The summed E-state index contributed by atoms with van der Waals surface area (Å²) >= 11 is 1.12. The van der Waals surface area contributed by atoms with Crippen molar-refractivity contribution in [2.45, 2.75) is 18.3 Å². The maximum Gasteiger partial charge on any atom is 0.277 e. The highest BCUT2D eigenvalue weighted by molar-refractivity contribution is 7.99. The summed E-state index contributed by atoms with van der Waals surface area (Å²) in [6.07, 6.45) is -0.528. The van der Waals surface area contributed by atoms with Crippen LogP contribution in [0.5, 0.6) is 17.2 Å². The van der Waals surface area contributed by atoms with Gasteiger partial charge >= 0.3 is 0 Å². The minimum Gasteiger partial charge on any atom is -0.497 e. The van der Waals surface area contributed by atoms with E-state index in [0.717, 1.165) is 11.8 Å². The summed E-state index contributed by atoms with van der Waals surface area (Å²) in [5, 5.41) is 8.12. The molecule has 0 aliphatic heterocycles. The molecule has 0 saturated carbocycles. The van der Waals surface area contributed by atoms with Crippen LogP contribution in [0.1, 0.15) is 29.3 Å². The van der Waals surface area contributed by atoms with Crippen molar-refractivity contribution in [3.63, 3.8) is 0 Å². The van der Waals surface area contributed by atoms with Crippen LogP contribution in [0.15, 0.2) is 52.1 Å². The summed E-state index contributed by atoms with van der Waals surface area (Å²) in [7, 11) is 3.03. The van der Waals surface area contributed by atoms with E-state index in [9.17, 15) is 9.18 Å². The summed E-state index contributed by atoms with van der Waals surface area (Å²) in [4.78, 5) is 12.5. The second kappa shape index (κ2) is 9.42. The quantitative estimate of drug-likeness (QED) is 0.375. The Morgan fingerprint density at radius 2 is 1.83 bits per heavy atom. The lowest BCUT2D eigenvalue weighted by Crippen LogP contribution is -2.05. The van der Waals surface area contributed by atoms with Crippen LogP contribution in [0.2, 0.25) is 0 Å². The Labute approximate surface area is 171 Å². The third kappa shape index (κ3) is 5.26. The van der Waals surface area contributed by atoms with E-state index >= 15 is 0 Å². The first-order valence-electron chi connectivity index (χ1n) is 8.63. The van der Waals surface area contributed by atoms with Crippen LogP contribution in [0.4, 0.5) is 4.39 Å². The first-order chi connectivity index (χ1) is 14.0. The van der Waals surface area contributed by atoms with E-state index < -0.39 is 6.10 Å². The zero-order valence-electron chi connectivity index (χ0n) is 16.0. The smallest absolute Gasteiger partial charge is 0.277 e. The Bertz CT molecular complexity index is 977. The van der Waals surface area contributed by atoms with Gasteiger partial charge < -0.3 is 18.6 Å². The van der Waals surface area contributed by atoms with Gasteiger partial charge in [0.05, 0.1) is 25.5 Å². The van der Waals surface area contributed by atoms with Crippen LogP contribution < -0.4 is 14.2 Å². The number of aromatic nitrogens is 2. The summed E-state index contributed by atoms with van der Waals surface area (Å²) in [5.74, 6) is 1.37. The average molecular weight is 418 g/mol. The van der Waals surface area contributed by atoms with Gasteiger partial charge in [-0.15, -0.1) is 10.2 Å². The van der Waals surface area contributed by atoms with Crippen molar-refractivity contribution >= 4 is 17.5 Å². The van der Waals surface area contributed by atoms with E-state index in [1.807, 2.05) is 0 Å². The van der Waals surface area contributed by atoms with E-state index in [0.29, 0.717) is 22.8 Å². The molecule has 9 heteroatoms. The molecule has 0 unspecified atom stereocenters. The molecule has 0 spiro atoms. The van der Waals surface area contributed by atoms with Crippen LogP contribution in [-0.2, 0) is 0 Å². The SMILES string of the molecule is COc1ccc(C(=O)CSc2nnc([C@H](C)Oc3ccc(F)cc3)o2)c(OC)c1. The topological polar surface area (TPSA) is 83.7 Å². The number of ketones is 1. The molecule has 2 aromatic carbocycles. The van der Waals surface area contributed by atoms with Gasteiger partial charge in [-0.25, -0.2) is 4.39 Å². The van der Waals surface area contributed by atoms with Gasteiger partial charge in [-0.2, -0.15) is 0 Å². The van der Waals surface area contributed by atoms with Gasteiger partial charge in [0.2, 0.25) is 0 Å². The Kier molecular flexibility index (Phi) is 6.71. The van der Waals surface area contributed by atoms with E-state index in [1.54, 1.807) is 32.2 Å². The summed E-state index contributed by atoms with van der Waals surface area (Å²) in [5.41, 5.74) is 0.438. The van der Waals surface area contributed by atoms with Gasteiger partial charge in [-0.05, 0) is 43.3 Å². The lowest BCUT2D eigenvalue weighted by atomic mass is 10.1. The van der Waals surface area contributed by atoms with Gasteiger partial charge in [0.15, 0.2) is 11.9 Å². The molecule has 0 radical (unpaired) electrons. The lowest BCUT2D eigenvalue weighted by molar-refractivity contribution is 0.101. The van der Waals surface area contributed by atoms with Crippen molar-refractivity contribution in [2.24, 2.45) is 0 Å². The van der Waals surface area contributed by atoms with Crippen molar-refractivity contribution in [1.29, 1.82) is 0 Å². The molecular weight excluding hydrogens is 399 g/mol. The third-order valence-corrected chi connectivity index (χ3v) is 4.75. The van der Waals surface area contributed by atoms with Crippen molar-refractivity contribution in [3.8, 4) is 17.2 Å². The number of hydrogen-bond acceptors (Lipinski definition) is 8. The van der Waals surface area contributed by atoms with Gasteiger partial charge in [0.1, 0.15) is 23.1 Å². The molecule has 0 bridgehead atoms. The van der Waals surface area contributed by atoms with E-state index in [2.05, 4.69) is 10.2 Å². The first kappa shape index (κ1) is 20.7. The van der Waals surface area contributed by atoms with Crippen molar-refractivity contribution < 1.29 is 27.8 Å². The molecule has 1 heterocycles. The molecule has 29 heavy (non-hydrogen) atoms. The Balaban J connectivity index is 1.60. The monoisotopic (exact) mass is 418 g/mol. The molecule has 0 aliphatic carbocycles. The highest BCUT2D eigenvalue weighted by Crippen LogP contribution is 2.28. The number of rotatable bonds is 9. The number of benzene rings is 2. The van der Waals surface area contributed by atoms with Gasteiger partial charge in [0.25, 0.3) is 11.1 Å². The highest BCUT2D eigenvalue weighted by atomic mass is 32.2. The predicted molar refractivity (Wildman–Crippen MR) is 104 cm³/mol. The molecule has 0 saturated heterocycles. The normalized spacial score (nSPS) is 11.7. The minimum absolute atomic E-state index is 0.0948. The van der Waals surface area contributed by atoms with Crippen molar-refractivity contribution in [2.75, 3.05) is 20.0 Å². The zero-order valence-corrected chi connectivity index (χ0v) is 16.9. The minimum atomic E-state index is -0.528. The molecule has 1 atom stereocenters. The molecular formula is C20H19FN2O5S. The molecule has 3 aromatic rings. The largest absolute Gasteiger partial charge is 0.497 e. The fraction of sp³-hybridized carbons (Fsp3) is 0.250. The zero-order chi connectivity index (χ0) is 20.8. The van der Waals surface area contributed by atoms with Crippen LogP contribution in [0, 0.1) is 5.82 Å². The van der Waals surface area contributed by atoms with E-state index in [-0.39, 0.29) is 28.5 Å². The fourth-order valence-electron chi connectivity index (χ4n) is 2.44. The number of ether oxygens (including phenoxy) is 3. The Hall–Kier alpha value is -3.07. The fourth-order valence-corrected chi connectivity index (χ4v) is 3.10. The van der Waals surface area contributed by atoms with Crippen LogP contribution >= 0.6 is 11.8 Å². The van der Waals surface area contributed by atoms with Crippen LogP contribution in [0.25, 0.3) is 0 Å². The molecule has 0 aliphatic rings. The Morgan fingerprint density at radius 3 is 2.52 bits per heavy atom. The number of hydrogen-bond donors (Lipinski definition) is 0. The van der Waals surface area contributed by atoms with Gasteiger partial charge in [-0.3, -0.25) is 4.79 Å². The summed E-state index contributed by atoms with van der Waals surface area (Å²) < 4.78 is 34.6. The number of methoxy groups -OCH3 is 2. The van der Waals surface area contributed by atoms with Gasteiger partial charge in [0, 0.05) is 6.07 Å². The van der Waals surface area contributed by atoms with Crippen LogP contribution in [0.3, 0.4) is 0 Å². The van der Waals surface area contributed by atoms with Crippen molar-refractivity contribution in [3.05, 3.63) is 59.7 Å². The second-order valence-corrected chi connectivity index (χ2v) is 6.82. The predicted octanol–water partition coefficient (Wildman–Crippen LogP) is 4.34. The summed E-state index contributed by atoms with van der Waals surface area (Å²) in [6, 6.07) is 10.6. The maximum atomic E-state index is 13.0. The average Bonchev–Trinajstić information content (AvgIpc) is 3.22. The molecule has 0 N–H and O–H groups in total. The van der Waals surface area contributed by atoms with Crippen molar-refractivity contribution in [1.82, 2.24) is 10.2 Å². The number of thioether (sulfide) groups is 1. The second-order valence-electron chi connectivity index (χ2n) is 5.90. The first-order valence-corrected chi connectivity index (χ1v) is 9.62. The number of carbonyl (C=O) groups is 1. The van der Waals surface area contributed by atoms with Crippen LogP contribution in [-0.4, -0.2) is 36.0 Å². The number of halogens is 1. The molecule has 152 valence electrons. The number of carbonyl (C=O) groups excluding carboxylic acids is 1. The molecule has 3 rings (SSSR count). The third-order valence-electron chi connectivity index (χ3n) is 3.93. The Morgan fingerprint density at radius 1 is 1.10 bits per heavy atom. The molecule has 0 amide bonds. The molecule has 0 fully saturated rings. The number of nitrogens with zero attached hydrogens (tertiary/aromatic N) is 2. The lowest BCUT2D eigenvalue weighted by Gasteiger charge is -2.10. The molecule has 1 aromatic heterocycles.